The molecule has 3 aromatic rings. The van der Waals surface area contributed by atoms with E-state index in [9.17, 15) is 9.18 Å². The lowest BCUT2D eigenvalue weighted by molar-refractivity contribution is 0.0723. The molecular formula is C22H17ClFNO3. The quantitative estimate of drug-likeness (QED) is 0.397. The number of halogens is 2. The lowest BCUT2D eigenvalue weighted by Crippen LogP contribution is -2.12. The first-order chi connectivity index (χ1) is 13.6. The SMILES string of the molecule is CCOc1cc(/C=C/c2ccncc2)ccc1OC(=O)c1c(F)cccc1Cl. The second-order valence-electron chi connectivity index (χ2n) is 5.74. The minimum atomic E-state index is -0.885. The first-order valence-electron chi connectivity index (χ1n) is 8.59. The average molecular weight is 398 g/mol. The van der Waals surface area contributed by atoms with Crippen LogP contribution >= 0.6 is 11.6 Å². The van der Waals surface area contributed by atoms with Gasteiger partial charge in [0.2, 0.25) is 0 Å². The normalized spacial score (nSPS) is 10.8. The Kier molecular flexibility index (Phi) is 6.40. The number of benzene rings is 2. The number of aromatic nitrogens is 1. The molecule has 1 aromatic heterocycles. The highest BCUT2D eigenvalue weighted by molar-refractivity contribution is 6.33. The fourth-order valence-corrected chi connectivity index (χ4v) is 2.73. The van der Waals surface area contributed by atoms with Crippen molar-refractivity contribution in [3.8, 4) is 11.5 Å². The summed E-state index contributed by atoms with van der Waals surface area (Å²) < 4.78 is 24.9. The van der Waals surface area contributed by atoms with Gasteiger partial charge in [-0.1, -0.05) is 35.9 Å². The zero-order chi connectivity index (χ0) is 19.9. The van der Waals surface area contributed by atoms with E-state index in [2.05, 4.69) is 4.98 Å². The Morgan fingerprint density at radius 3 is 2.54 bits per heavy atom. The Morgan fingerprint density at radius 2 is 1.82 bits per heavy atom. The lowest BCUT2D eigenvalue weighted by atomic mass is 10.1. The topological polar surface area (TPSA) is 48.4 Å². The summed E-state index contributed by atoms with van der Waals surface area (Å²) in [7, 11) is 0. The number of nitrogens with zero attached hydrogens (tertiary/aromatic N) is 1. The molecule has 3 rings (SSSR count). The third-order valence-corrected chi connectivity index (χ3v) is 4.13. The molecule has 6 heteroatoms. The van der Waals surface area contributed by atoms with Crippen LogP contribution in [-0.2, 0) is 0 Å². The summed E-state index contributed by atoms with van der Waals surface area (Å²) in [5, 5.41) is -0.0140. The molecule has 0 aliphatic carbocycles. The number of rotatable bonds is 6. The van der Waals surface area contributed by atoms with Crippen molar-refractivity contribution >= 4 is 29.7 Å². The predicted octanol–water partition coefficient (Wildman–Crippen LogP) is 5.66. The number of pyridine rings is 1. The fraction of sp³-hybridized carbons (Fsp3) is 0.0909. The summed E-state index contributed by atoms with van der Waals surface area (Å²) in [6, 6.07) is 12.9. The van der Waals surface area contributed by atoms with E-state index in [4.69, 9.17) is 21.1 Å². The van der Waals surface area contributed by atoms with Crippen LogP contribution in [0.3, 0.4) is 0 Å². The summed E-state index contributed by atoms with van der Waals surface area (Å²) in [5.74, 6) is -1.07. The molecule has 0 N–H and O–H groups in total. The number of hydrogen-bond acceptors (Lipinski definition) is 4. The number of esters is 1. The first kappa shape index (κ1) is 19.6. The third kappa shape index (κ3) is 4.75. The van der Waals surface area contributed by atoms with Crippen molar-refractivity contribution in [3.63, 3.8) is 0 Å². The zero-order valence-corrected chi connectivity index (χ0v) is 15.8. The third-order valence-electron chi connectivity index (χ3n) is 3.81. The Labute approximate surface area is 167 Å². The van der Waals surface area contributed by atoms with Gasteiger partial charge < -0.3 is 9.47 Å². The molecule has 1 heterocycles. The van der Waals surface area contributed by atoms with Gasteiger partial charge in [-0.05, 0) is 54.4 Å². The Hall–Kier alpha value is -3.18. The Bertz CT molecular complexity index is 986. The number of carbonyl (C=O) groups is 1. The summed E-state index contributed by atoms with van der Waals surface area (Å²) in [5.41, 5.74) is 1.54. The summed E-state index contributed by atoms with van der Waals surface area (Å²) >= 11 is 5.93. The van der Waals surface area contributed by atoms with E-state index in [1.807, 2.05) is 31.2 Å². The lowest BCUT2D eigenvalue weighted by Gasteiger charge is -2.12. The van der Waals surface area contributed by atoms with Crippen molar-refractivity contribution in [2.45, 2.75) is 6.92 Å². The highest BCUT2D eigenvalue weighted by atomic mass is 35.5. The van der Waals surface area contributed by atoms with Gasteiger partial charge >= 0.3 is 5.97 Å². The molecule has 0 unspecified atom stereocenters. The second-order valence-corrected chi connectivity index (χ2v) is 6.15. The largest absolute Gasteiger partial charge is 0.490 e. The van der Waals surface area contributed by atoms with Crippen LogP contribution in [0, 0.1) is 5.82 Å². The predicted molar refractivity (Wildman–Crippen MR) is 107 cm³/mol. The van der Waals surface area contributed by atoms with Crippen molar-refractivity contribution in [1.29, 1.82) is 0 Å². The first-order valence-corrected chi connectivity index (χ1v) is 8.97. The Morgan fingerprint density at radius 1 is 1.07 bits per heavy atom. The van der Waals surface area contributed by atoms with E-state index in [1.165, 1.54) is 12.1 Å². The minimum Gasteiger partial charge on any atom is -0.490 e. The van der Waals surface area contributed by atoms with Crippen molar-refractivity contribution in [2.24, 2.45) is 0 Å². The van der Waals surface area contributed by atoms with Gasteiger partial charge in [-0.25, -0.2) is 9.18 Å². The van der Waals surface area contributed by atoms with Crippen LogP contribution in [0.5, 0.6) is 11.5 Å². The van der Waals surface area contributed by atoms with Crippen LogP contribution in [0.15, 0.2) is 60.9 Å². The molecule has 4 nitrogen and oxygen atoms in total. The van der Waals surface area contributed by atoms with Gasteiger partial charge in [0.1, 0.15) is 11.4 Å². The molecule has 0 saturated carbocycles. The van der Waals surface area contributed by atoms with Crippen molar-refractivity contribution in [3.05, 3.63) is 88.5 Å². The molecule has 2 aromatic carbocycles. The molecule has 0 aliphatic heterocycles. The molecule has 28 heavy (non-hydrogen) atoms. The van der Waals surface area contributed by atoms with Gasteiger partial charge in [0, 0.05) is 12.4 Å². The molecule has 142 valence electrons. The average Bonchev–Trinajstić information content (AvgIpc) is 2.69. The maximum atomic E-state index is 13.9. The van der Waals surface area contributed by atoms with Crippen LogP contribution in [0.1, 0.15) is 28.4 Å². The monoisotopic (exact) mass is 397 g/mol. The number of ether oxygens (including phenoxy) is 2. The van der Waals surface area contributed by atoms with Gasteiger partial charge in [0.05, 0.1) is 11.6 Å². The van der Waals surface area contributed by atoms with Crippen LogP contribution in [0.4, 0.5) is 4.39 Å². The standard InChI is InChI=1S/C22H17ClFNO3/c1-2-27-20-14-16(7-6-15-10-12-25-13-11-15)8-9-19(20)28-22(26)21-17(23)4-3-5-18(21)24/h3-14H,2H2,1H3/b7-6+. The van der Waals surface area contributed by atoms with Crippen molar-refractivity contribution in [2.75, 3.05) is 6.61 Å². The highest BCUT2D eigenvalue weighted by Crippen LogP contribution is 2.31. The fourth-order valence-electron chi connectivity index (χ4n) is 2.49. The van der Waals surface area contributed by atoms with Crippen molar-refractivity contribution < 1.29 is 18.7 Å². The molecule has 0 atom stereocenters. The van der Waals surface area contributed by atoms with E-state index < -0.39 is 11.8 Å². The molecule has 0 aliphatic rings. The summed E-state index contributed by atoms with van der Waals surface area (Å²) in [6.07, 6.45) is 7.25. The molecule has 0 spiro atoms. The van der Waals surface area contributed by atoms with Gasteiger partial charge in [0.25, 0.3) is 0 Å². The van der Waals surface area contributed by atoms with E-state index in [0.717, 1.165) is 17.2 Å². The molecule has 0 bridgehead atoms. The second kappa shape index (κ2) is 9.15. The van der Waals surface area contributed by atoms with E-state index in [-0.39, 0.29) is 16.3 Å². The van der Waals surface area contributed by atoms with Crippen LogP contribution < -0.4 is 9.47 Å². The van der Waals surface area contributed by atoms with Gasteiger partial charge in [0.15, 0.2) is 11.5 Å². The molecule has 0 saturated heterocycles. The van der Waals surface area contributed by atoms with E-state index in [1.54, 1.807) is 30.6 Å². The molecule has 0 amide bonds. The zero-order valence-electron chi connectivity index (χ0n) is 15.1. The highest BCUT2D eigenvalue weighted by Gasteiger charge is 2.19. The smallest absolute Gasteiger partial charge is 0.348 e. The van der Waals surface area contributed by atoms with Gasteiger partial charge in [-0.2, -0.15) is 0 Å². The maximum Gasteiger partial charge on any atom is 0.348 e. The molecule has 0 fully saturated rings. The van der Waals surface area contributed by atoms with Crippen LogP contribution in [-0.4, -0.2) is 17.6 Å². The maximum absolute atomic E-state index is 13.9. The van der Waals surface area contributed by atoms with E-state index >= 15 is 0 Å². The minimum absolute atomic E-state index is 0.0140. The Balaban J connectivity index is 1.85. The van der Waals surface area contributed by atoms with Gasteiger partial charge in [-0.3, -0.25) is 4.98 Å². The van der Waals surface area contributed by atoms with Crippen LogP contribution in [0.2, 0.25) is 5.02 Å². The summed E-state index contributed by atoms with van der Waals surface area (Å²) in [6.45, 7) is 2.20. The number of carbonyl (C=O) groups excluding carboxylic acids is 1. The van der Waals surface area contributed by atoms with Crippen molar-refractivity contribution in [1.82, 2.24) is 4.98 Å². The molecule has 0 radical (unpaired) electrons. The number of hydrogen-bond donors (Lipinski definition) is 0. The van der Waals surface area contributed by atoms with Crippen LogP contribution in [0.25, 0.3) is 12.2 Å². The van der Waals surface area contributed by atoms with Gasteiger partial charge in [-0.15, -0.1) is 0 Å². The van der Waals surface area contributed by atoms with E-state index in [0.29, 0.717) is 12.4 Å². The molecular weight excluding hydrogens is 381 g/mol. The summed E-state index contributed by atoms with van der Waals surface area (Å²) in [4.78, 5) is 16.4.